The molecule has 0 bridgehead atoms. The fourth-order valence-corrected chi connectivity index (χ4v) is 4.01. The highest BCUT2D eigenvalue weighted by molar-refractivity contribution is 7.89. The summed E-state index contributed by atoms with van der Waals surface area (Å²) in [5.74, 6) is 1.69. The summed E-state index contributed by atoms with van der Waals surface area (Å²) in [5, 5.41) is 7.85. The number of hydrogen-bond acceptors (Lipinski definition) is 6. The summed E-state index contributed by atoms with van der Waals surface area (Å²) >= 11 is 0. The number of nitrogens with zero attached hydrogens (tertiary/aromatic N) is 3. The average Bonchev–Trinajstić information content (AvgIpc) is 3.25. The van der Waals surface area contributed by atoms with E-state index in [0.717, 1.165) is 12.8 Å². The number of sulfonamides is 1. The first-order valence-electron chi connectivity index (χ1n) is 8.02. The molecule has 0 atom stereocenters. The van der Waals surface area contributed by atoms with Crippen molar-refractivity contribution in [3.05, 3.63) is 36.0 Å². The van der Waals surface area contributed by atoms with Crippen LogP contribution < -0.4 is 4.74 Å². The van der Waals surface area contributed by atoms with Crippen molar-refractivity contribution >= 4 is 10.0 Å². The predicted molar refractivity (Wildman–Crippen MR) is 87.2 cm³/mol. The molecule has 1 aliphatic rings. The third-order valence-electron chi connectivity index (χ3n) is 3.87. The predicted octanol–water partition coefficient (Wildman–Crippen LogP) is 2.56. The molecule has 130 valence electrons. The highest BCUT2D eigenvalue weighted by atomic mass is 32.2. The van der Waals surface area contributed by atoms with E-state index in [4.69, 9.17) is 9.15 Å². The highest BCUT2D eigenvalue weighted by Crippen LogP contribution is 2.23. The molecule has 0 spiro atoms. The maximum atomic E-state index is 12.4. The molecular weight excluding hydrogens is 330 g/mol. The Bertz CT molecular complexity index is 778. The number of hydrogen-bond donors (Lipinski definition) is 0. The standard InChI is InChI=1S/C16H21N3O4S/c1-12(2)16-18-17-15(23-16)11-22-13-5-7-14(8-6-13)24(20,21)19-9-3-4-10-19/h5-8,12H,3-4,9-11H2,1-2H3. The van der Waals surface area contributed by atoms with E-state index in [2.05, 4.69) is 10.2 Å². The van der Waals surface area contributed by atoms with Gasteiger partial charge in [0.1, 0.15) is 5.75 Å². The number of rotatable bonds is 6. The lowest BCUT2D eigenvalue weighted by Gasteiger charge is -2.15. The smallest absolute Gasteiger partial charge is 0.253 e. The van der Waals surface area contributed by atoms with E-state index < -0.39 is 10.0 Å². The van der Waals surface area contributed by atoms with Gasteiger partial charge in [0.2, 0.25) is 15.9 Å². The van der Waals surface area contributed by atoms with Gasteiger partial charge in [-0.25, -0.2) is 8.42 Å². The van der Waals surface area contributed by atoms with Crippen LogP contribution in [0.15, 0.2) is 33.6 Å². The first-order chi connectivity index (χ1) is 11.5. The van der Waals surface area contributed by atoms with Gasteiger partial charge < -0.3 is 9.15 Å². The fraction of sp³-hybridized carbons (Fsp3) is 0.500. The molecule has 1 aromatic heterocycles. The number of benzene rings is 1. The van der Waals surface area contributed by atoms with Crippen LogP contribution in [0.2, 0.25) is 0 Å². The molecule has 1 fully saturated rings. The first kappa shape index (κ1) is 16.9. The van der Waals surface area contributed by atoms with E-state index in [1.807, 2.05) is 13.8 Å². The van der Waals surface area contributed by atoms with Gasteiger partial charge in [-0.2, -0.15) is 4.31 Å². The Labute approximate surface area is 141 Å². The third-order valence-corrected chi connectivity index (χ3v) is 5.78. The van der Waals surface area contributed by atoms with Gasteiger partial charge in [-0.3, -0.25) is 0 Å². The van der Waals surface area contributed by atoms with Crippen molar-refractivity contribution in [1.29, 1.82) is 0 Å². The SMILES string of the molecule is CC(C)c1nnc(COc2ccc(S(=O)(=O)N3CCCC3)cc2)o1. The monoisotopic (exact) mass is 351 g/mol. The molecule has 0 amide bonds. The lowest BCUT2D eigenvalue weighted by Crippen LogP contribution is -2.27. The third kappa shape index (κ3) is 3.59. The minimum Gasteiger partial charge on any atom is -0.484 e. The van der Waals surface area contributed by atoms with Crippen molar-refractivity contribution in [3.8, 4) is 5.75 Å². The van der Waals surface area contributed by atoms with E-state index in [1.165, 1.54) is 4.31 Å². The average molecular weight is 351 g/mol. The van der Waals surface area contributed by atoms with Gasteiger partial charge in [0.15, 0.2) is 6.61 Å². The Kier molecular flexibility index (Phi) is 4.86. The summed E-state index contributed by atoms with van der Waals surface area (Å²) in [4.78, 5) is 0.289. The van der Waals surface area contributed by atoms with Gasteiger partial charge >= 0.3 is 0 Å². The fourth-order valence-electron chi connectivity index (χ4n) is 2.49. The van der Waals surface area contributed by atoms with Crippen LogP contribution in [0.25, 0.3) is 0 Å². The quantitative estimate of drug-likeness (QED) is 0.795. The molecule has 24 heavy (non-hydrogen) atoms. The van der Waals surface area contributed by atoms with Crippen LogP contribution in [0.4, 0.5) is 0 Å². The Hall–Kier alpha value is -1.93. The minimum atomic E-state index is -3.39. The number of ether oxygens (including phenoxy) is 1. The van der Waals surface area contributed by atoms with Gasteiger partial charge in [-0.15, -0.1) is 10.2 Å². The molecule has 7 nitrogen and oxygen atoms in total. The largest absolute Gasteiger partial charge is 0.484 e. The van der Waals surface area contributed by atoms with Crippen molar-refractivity contribution < 1.29 is 17.6 Å². The summed E-state index contributed by atoms with van der Waals surface area (Å²) < 4.78 is 37.4. The number of aromatic nitrogens is 2. The van der Waals surface area contributed by atoms with Crippen LogP contribution in [-0.4, -0.2) is 36.0 Å². The maximum Gasteiger partial charge on any atom is 0.253 e. The molecule has 1 saturated heterocycles. The first-order valence-corrected chi connectivity index (χ1v) is 9.46. The van der Waals surface area contributed by atoms with Crippen molar-refractivity contribution in [1.82, 2.24) is 14.5 Å². The Balaban J connectivity index is 1.64. The second kappa shape index (κ2) is 6.90. The van der Waals surface area contributed by atoms with Gasteiger partial charge in [0, 0.05) is 19.0 Å². The molecule has 0 N–H and O–H groups in total. The minimum absolute atomic E-state index is 0.151. The molecule has 1 aliphatic heterocycles. The maximum absolute atomic E-state index is 12.4. The molecule has 2 heterocycles. The van der Waals surface area contributed by atoms with E-state index in [1.54, 1.807) is 24.3 Å². The molecule has 0 aliphatic carbocycles. The zero-order valence-corrected chi connectivity index (χ0v) is 14.6. The summed E-state index contributed by atoms with van der Waals surface area (Å²) in [7, 11) is -3.39. The van der Waals surface area contributed by atoms with Crippen molar-refractivity contribution in [2.45, 2.75) is 44.1 Å². The van der Waals surface area contributed by atoms with Crippen LogP contribution in [-0.2, 0) is 16.6 Å². The second-order valence-electron chi connectivity index (χ2n) is 6.06. The van der Waals surface area contributed by atoms with Gasteiger partial charge in [0.25, 0.3) is 5.89 Å². The van der Waals surface area contributed by atoms with Crippen LogP contribution in [0, 0.1) is 0 Å². The van der Waals surface area contributed by atoms with Crippen LogP contribution in [0.3, 0.4) is 0 Å². The van der Waals surface area contributed by atoms with Crippen molar-refractivity contribution in [2.24, 2.45) is 0 Å². The summed E-state index contributed by atoms with van der Waals surface area (Å²) in [6.45, 7) is 5.28. The van der Waals surface area contributed by atoms with E-state index in [9.17, 15) is 8.42 Å². The normalized spacial score (nSPS) is 16.0. The molecule has 2 aromatic rings. The summed E-state index contributed by atoms with van der Waals surface area (Å²) in [5.41, 5.74) is 0. The molecule has 3 rings (SSSR count). The second-order valence-corrected chi connectivity index (χ2v) is 8.00. The molecule has 0 radical (unpaired) electrons. The summed E-state index contributed by atoms with van der Waals surface area (Å²) in [6.07, 6.45) is 1.84. The van der Waals surface area contributed by atoms with E-state index in [-0.39, 0.29) is 17.4 Å². The zero-order valence-electron chi connectivity index (χ0n) is 13.8. The Morgan fingerprint density at radius 1 is 1.17 bits per heavy atom. The zero-order chi connectivity index (χ0) is 17.2. The lowest BCUT2D eigenvalue weighted by atomic mass is 10.2. The van der Waals surface area contributed by atoms with E-state index >= 15 is 0 Å². The van der Waals surface area contributed by atoms with Crippen LogP contribution >= 0.6 is 0 Å². The molecule has 8 heteroatoms. The Morgan fingerprint density at radius 2 is 1.83 bits per heavy atom. The van der Waals surface area contributed by atoms with Gasteiger partial charge in [-0.1, -0.05) is 13.8 Å². The lowest BCUT2D eigenvalue weighted by molar-refractivity contribution is 0.257. The van der Waals surface area contributed by atoms with Crippen LogP contribution in [0.5, 0.6) is 5.75 Å². The molecule has 0 unspecified atom stereocenters. The topological polar surface area (TPSA) is 85.5 Å². The van der Waals surface area contributed by atoms with Crippen LogP contribution in [0.1, 0.15) is 44.4 Å². The Morgan fingerprint density at radius 3 is 2.42 bits per heavy atom. The highest BCUT2D eigenvalue weighted by Gasteiger charge is 2.26. The van der Waals surface area contributed by atoms with Crippen molar-refractivity contribution in [2.75, 3.05) is 13.1 Å². The van der Waals surface area contributed by atoms with E-state index in [0.29, 0.717) is 30.6 Å². The molecular formula is C16H21N3O4S. The molecule has 0 saturated carbocycles. The van der Waals surface area contributed by atoms with Gasteiger partial charge in [-0.05, 0) is 37.1 Å². The van der Waals surface area contributed by atoms with Gasteiger partial charge in [0.05, 0.1) is 4.90 Å². The summed E-state index contributed by atoms with van der Waals surface area (Å²) in [6, 6.07) is 6.41. The van der Waals surface area contributed by atoms with Crippen molar-refractivity contribution in [3.63, 3.8) is 0 Å². The molecule has 1 aromatic carbocycles.